The summed E-state index contributed by atoms with van der Waals surface area (Å²) >= 11 is 13.7. The van der Waals surface area contributed by atoms with Crippen molar-refractivity contribution in [3.63, 3.8) is 0 Å². The van der Waals surface area contributed by atoms with Crippen molar-refractivity contribution in [3.8, 4) is 0 Å². The molecule has 1 aromatic heterocycles. The van der Waals surface area contributed by atoms with Crippen LogP contribution in [0.1, 0.15) is 11.1 Å². The van der Waals surface area contributed by atoms with Crippen LogP contribution in [-0.4, -0.2) is 16.0 Å². The lowest BCUT2D eigenvalue weighted by Gasteiger charge is -2.07. The number of halogens is 2. The molecule has 2 aromatic rings. The molecule has 20 heavy (non-hydrogen) atoms. The summed E-state index contributed by atoms with van der Waals surface area (Å²) in [6, 6.07) is 8.81. The maximum Gasteiger partial charge on any atom is 0.170 e. The number of hydrogen-bond acceptors (Lipinski definition) is 4. The summed E-state index contributed by atoms with van der Waals surface area (Å²) in [5.41, 5.74) is 7.00. The molecule has 1 heterocycles. The Kier molecular flexibility index (Phi) is 5.11. The van der Waals surface area contributed by atoms with E-state index >= 15 is 0 Å². The van der Waals surface area contributed by atoms with E-state index in [-0.39, 0.29) is 5.84 Å². The van der Waals surface area contributed by atoms with Crippen LogP contribution >= 0.6 is 35.0 Å². The lowest BCUT2D eigenvalue weighted by Crippen LogP contribution is -2.12. The van der Waals surface area contributed by atoms with Crippen molar-refractivity contribution in [3.05, 3.63) is 57.7 Å². The van der Waals surface area contributed by atoms with Crippen LogP contribution in [0.5, 0.6) is 0 Å². The predicted molar refractivity (Wildman–Crippen MR) is 82.8 cm³/mol. The zero-order chi connectivity index (χ0) is 14.5. The topological polar surface area (TPSA) is 71.5 Å². The van der Waals surface area contributed by atoms with Crippen molar-refractivity contribution in [1.29, 1.82) is 0 Å². The zero-order valence-electron chi connectivity index (χ0n) is 10.3. The van der Waals surface area contributed by atoms with Crippen molar-refractivity contribution >= 4 is 40.8 Å². The second-order valence-corrected chi connectivity index (χ2v) is 5.65. The number of hydrogen-bond donors (Lipinski definition) is 2. The molecule has 104 valence electrons. The van der Waals surface area contributed by atoms with E-state index in [0.29, 0.717) is 21.4 Å². The van der Waals surface area contributed by atoms with Crippen LogP contribution in [0.2, 0.25) is 10.0 Å². The van der Waals surface area contributed by atoms with E-state index in [9.17, 15) is 0 Å². The van der Waals surface area contributed by atoms with Gasteiger partial charge in [0.1, 0.15) is 5.03 Å². The highest BCUT2D eigenvalue weighted by molar-refractivity contribution is 7.98. The highest BCUT2D eigenvalue weighted by Crippen LogP contribution is 2.30. The Morgan fingerprint density at radius 2 is 2.10 bits per heavy atom. The smallest absolute Gasteiger partial charge is 0.170 e. The lowest BCUT2D eigenvalue weighted by molar-refractivity contribution is 0.318. The molecule has 0 amide bonds. The first-order chi connectivity index (χ1) is 9.61. The van der Waals surface area contributed by atoms with Gasteiger partial charge in [0.25, 0.3) is 0 Å². The molecule has 0 saturated carbocycles. The Hall–Kier alpha value is -1.43. The molecule has 0 unspecified atom stereocenters. The highest BCUT2D eigenvalue weighted by Gasteiger charge is 2.07. The summed E-state index contributed by atoms with van der Waals surface area (Å²) in [4.78, 5) is 4.20. The van der Waals surface area contributed by atoms with Gasteiger partial charge in [-0.15, -0.1) is 11.8 Å². The molecule has 0 spiro atoms. The maximum absolute atomic E-state index is 8.62. The van der Waals surface area contributed by atoms with E-state index in [2.05, 4.69) is 10.1 Å². The summed E-state index contributed by atoms with van der Waals surface area (Å²) in [6.45, 7) is 0. The predicted octanol–water partition coefficient (Wildman–Crippen LogP) is 3.78. The van der Waals surface area contributed by atoms with E-state index in [1.54, 1.807) is 30.5 Å². The number of rotatable bonds is 4. The number of pyridine rings is 1. The fourth-order valence-electron chi connectivity index (χ4n) is 1.50. The molecule has 0 bridgehead atoms. The molecule has 0 fully saturated rings. The molecular weight excluding hydrogens is 317 g/mol. The SMILES string of the molecule is N/C(=N/O)c1ccc(CSc2ncccc2Cl)c(Cl)c1. The third-order valence-electron chi connectivity index (χ3n) is 2.55. The maximum atomic E-state index is 8.62. The third-order valence-corrected chi connectivity index (χ3v) is 4.37. The summed E-state index contributed by atoms with van der Waals surface area (Å²) < 4.78 is 0. The number of aromatic nitrogens is 1. The largest absolute Gasteiger partial charge is 0.409 e. The van der Waals surface area contributed by atoms with Gasteiger partial charge < -0.3 is 10.9 Å². The van der Waals surface area contributed by atoms with Crippen LogP contribution < -0.4 is 5.73 Å². The molecule has 7 heteroatoms. The minimum absolute atomic E-state index is 0.0267. The van der Waals surface area contributed by atoms with Gasteiger partial charge in [-0.05, 0) is 23.8 Å². The molecule has 2 rings (SSSR count). The van der Waals surface area contributed by atoms with Gasteiger partial charge in [-0.1, -0.05) is 40.5 Å². The fourth-order valence-corrected chi connectivity index (χ4v) is 3.00. The number of nitrogens with zero attached hydrogens (tertiary/aromatic N) is 2. The van der Waals surface area contributed by atoms with Crippen molar-refractivity contribution in [1.82, 2.24) is 4.98 Å². The molecule has 0 atom stereocenters. The number of benzene rings is 1. The van der Waals surface area contributed by atoms with E-state index in [1.807, 2.05) is 6.07 Å². The quantitative estimate of drug-likeness (QED) is 0.295. The highest BCUT2D eigenvalue weighted by atomic mass is 35.5. The van der Waals surface area contributed by atoms with Crippen molar-refractivity contribution in [2.24, 2.45) is 10.9 Å². The Morgan fingerprint density at radius 1 is 1.30 bits per heavy atom. The van der Waals surface area contributed by atoms with Gasteiger partial charge in [0.2, 0.25) is 0 Å². The van der Waals surface area contributed by atoms with Gasteiger partial charge in [0.05, 0.1) is 5.02 Å². The van der Waals surface area contributed by atoms with Gasteiger partial charge in [0.15, 0.2) is 5.84 Å². The molecular formula is C13H11Cl2N3OS. The molecule has 4 nitrogen and oxygen atoms in total. The van der Waals surface area contributed by atoms with E-state index in [1.165, 1.54) is 11.8 Å². The Balaban J connectivity index is 2.13. The molecule has 0 aliphatic rings. The summed E-state index contributed by atoms with van der Waals surface area (Å²) in [5, 5.41) is 13.5. The van der Waals surface area contributed by atoms with Gasteiger partial charge in [0, 0.05) is 22.5 Å². The van der Waals surface area contributed by atoms with E-state index in [4.69, 9.17) is 34.1 Å². The third kappa shape index (κ3) is 3.56. The number of oxime groups is 1. The molecule has 0 aliphatic heterocycles. The number of thioether (sulfide) groups is 1. The van der Waals surface area contributed by atoms with Crippen LogP contribution in [0.15, 0.2) is 46.7 Å². The monoisotopic (exact) mass is 327 g/mol. The van der Waals surface area contributed by atoms with Crippen LogP contribution in [0.25, 0.3) is 0 Å². The first-order valence-electron chi connectivity index (χ1n) is 5.61. The molecule has 3 N–H and O–H groups in total. The minimum atomic E-state index is 0.0267. The average molecular weight is 328 g/mol. The minimum Gasteiger partial charge on any atom is -0.409 e. The van der Waals surface area contributed by atoms with E-state index < -0.39 is 0 Å². The first-order valence-corrected chi connectivity index (χ1v) is 7.35. The lowest BCUT2D eigenvalue weighted by atomic mass is 10.1. The van der Waals surface area contributed by atoms with Crippen molar-refractivity contribution in [2.45, 2.75) is 10.8 Å². The van der Waals surface area contributed by atoms with Crippen LogP contribution in [0.3, 0.4) is 0 Å². The normalized spacial score (nSPS) is 11.6. The standard InChI is InChI=1S/C13H11Cl2N3OS/c14-10-2-1-5-17-13(10)20-7-9-4-3-8(6-11(9)15)12(16)18-19/h1-6,19H,7H2,(H2,16,18). The van der Waals surface area contributed by atoms with Gasteiger partial charge in [-0.3, -0.25) is 0 Å². The summed E-state index contributed by atoms with van der Waals surface area (Å²) in [5.74, 6) is 0.658. The number of amidine groups is 1. The Morgan fingerprint density at radius 3 is 2.75 bits per heavy atom. The first kappa shape index (κ1) is 15.0. The van der Waals surface area contributed by atoms with Gasteiger partial charge in [-0.25, -0.2) is 4.98 Å². The second-order valence-electron chi connectivity index (χ2n) is 3.87. The average Bonchev–Trinajstić information content (AvgIpc) is 2.46. The van der Waals surface area contributed by atoms with Gasteiger partial charge in [-0.2, -0.15) is 0 Å². The zero-order valence-corrected chi connectivity index (χ0v) is 12.6. The Labute approximate surface area is 130 Å². The van der Waals surface area contributed by atoms with E-state index in [0.717, 1.165) is 10.6 Å². The molecule has 0 saturated heterocycles. The Bertz CT molecular complexity index is 649. The summed E-state index contributed by atoms with van der Waals surface area (Å²) in [7, 11) is 0. The van der Waals surface area contributed by atoms with Crippen LogP contribution in [-0.2, 0) is 5.75 Å². The second kappa shape index (κ2) is 6.83. The van der Waals surface area contributed by atoms with Crippen molar-refractivity contribution in [2.75, 3.05) is 0 Å². The summed E-state index contributed by atoms with van der Waals surface area (Å²) in [6.07, 6.45) is 1.69. The number of nitrogens with two attached hydrogens (primary N) is 1. The molecule has 1 aromatic carbocycles. The van der Waals surface area contributed by atoms with Crippen LogP contribution in [0, 0.1) is 0 Å². The van der Waals surface area contributed by atoms with Crippen molar-refractivity contribution < 1.29 is 5.21 Å². The fraction of sp³-hybridized carbons (Fsp3) is 0.0769. The van der Waals surface area contributed by atoms with Crippen LogP contribution in [0.4, 0.5) is 0 Å². The van der Waals surface area contributed by atoms with Gasteiger partial charge >= 0.3 is 0 Å². The molecule has 0 radical (unpaired) electrons. The molecule has 0 aliphatic carbocycles.